The van der Waals surface area contributed by atoms with Crippen molar-refractivity contribution in [3.63, 3.8) is 0 Å². The Bertz CT molecular complexity index is 458. The summed E-state index contributed by atoms with van der Waals surface area (Å²) in [5, 5.41) is 0.495. The molecular formula is C14H21N3S2. The van der Waals surface area contributed by atoms with Crippen molar-refractivity contribution >= 4 is 23.5 Å². The second-order valence-electron chi connectivity index (χ2n) is 5.37. The molecule has 0 aromatic carbocycles. The summed E-state index contributed by atoms with van der Waals surface area (Å²) in [6.45, 7) is 2.93. The van der Waals surface area contributed by atoms with Crippen molar-refractivity contribution in [2.75, 3.05) is 23.8 Å². The summed E-state index contributed by atoms with van der Waals surface area (Å²) in [4.78, 5) is 9.67. The van der Waals surface area contributed by atoms with Gasteiger partial charge in [0.15, 0.2) is 0 Å². The van der Waals surface area contributed by atoms with E-state index in [0.717, 1.165) is 31.0 Å². The molecule has 1 aromatic rings. The van der Waals surface area contributed by atoms with Crippen LogP contribution < -0.4 is 5.73 Å². The van der Waals surface area contributed by atoms with Crippen molar-refractivity contribution in [1.82, 2.24) is 9.97 Å². The minimum atomic E-state index is 0.495. The first-order valence-corrected chi connectivity index (χ1v) is 9.24. The topological polar surface area (TPSA) is 51.8 Å². The molecule has 0 saturated carbocycles. The fraction of sp³-hybridized carbons (Fsp3) is 0.714. The summed E-state index contributed by atoms with van der Waals surface area (Å²) < 4.78 is 0. The first kappa shape index (κ1) is 13.7. The molecule has 2 heterocycles. The molecule has 2 aliphatic rings. The third kappa shape index (κ3) is 2.93. The highest BCUT2D eigenvalue weighted by Crippen LogP contribution is 2.36. The normalized spacial score (nSPS) is 27.1. The van der Waals surface area contributed by atoms with E-state index in [2.05, 4.69) is 6.92 Å². The second-order valence-corrected chi connectivity index (χ2v) is 7.83. The Labute approximate surface area is 123 Å². The minimum absolute atomic E-state index is 0.495. The zero-order valence-corrected chi connectivity index (χ0v) is 13.0. The van der Waals surface area contributed by atoms with Crippen LogP contribution in [0.25, 0.3) is 0 Å². The van der Waals surface area contributed by atoms with E-state index in [9.17, 15) is 0 Å². The van der Waals surface area contributed by atoms with Crippen LogP contribution in [0.2, 0.25) is 0 Å². The average Bonchev–Trinajstić information content (AvgIpc) is 2.48. The predicted molar refractivity (Wildman–Crippen MR) is 83.9 cm³/mol. The summed E-state index contributed by atoms with van der Waals surface area (Å²) in [6, 6.07) is 0. The maximum atomic E-state index is 5.81. The predicted octanol–water partition coefficient (Wildman–Crippen LogP) is 2.37. The Morgan fingerprint density at radius 1 is 1.32 bits per heavy atom. The van der Waals surface area contributed by atoms with Crippen molar-refractivity contribution < 1.29 is 0 Å². The van der Waals surface area contributed by atoms with Crippen LogP contribution in [0, 0.1) is 12.8 Å². The van der Waals surface area contributed by atoms with Gasteiger partial charge in [0.05, 0.1) is 5.25 Å². The van der Waals surface area contributed by atoms with E-state index in [-0.39, 0.29) is 0 Å². The van der Waals surface area contributed by atoms with Gasteiger partial charge >= 0.3 is 0 Å². The highest BCUT2D eigenvalue weighted by Gasteiger charge is 2.25. The zero-order valence-electron chi connectivity index (χ0n) is 11.4. The number of rotatable bonds is 2. The first-order chi connectivity index (χ1) is 9.28. The number of aromatic nitrogens is 2. The maximum absolute atomic E-state index is 5.81. The zero-order chi connectivity index (χ0) is 13.2. The second kappa shape index (κ2) is 6.02. The van der Waals surface area contributed by atoms with Gasteiger partial charge in [-0.1, -0.05) is 0 Å². The highest BCUT2D eigenvalue weighted by molar-refractivity contribution is 8.06. The smallest absolute Gasteiger partial charge is 0.142 e. The van der Waals surface area contributed by atoms with Gasteiger partial charge in [0.2, 0.25) is 0 Å². The number of nitrogens with zero attached hydrogens (tertiary/aromatic N) is 2. The van der Waals surface area contributed by atoms with Gasteiger partial charge in [-0.3, -0.25) is 0 Å². The van der Waals surface area contributed by atoms with Crippen molar-refractivity contribution in [3.8, 4) is 0 Å². The molecule has 1 saturated heterocycles. The fourth-order valence-corrected chi connectivity index (χ4v) is 5.46. The van der Waals surface area contributed by atoms with Crippen molar-refractivity contribution in [3.05, 3.63) is 22.8 Å². The Hall–Kier alpha value is -0.260. The lowest BCUT2D eigenvalue weighted by atomic mass is 9.86. The number of nitrogens with two attached hydrogens (primary N) is 1. The number of hydrogen-bond donors (Lipinski definition) is 1. The van der Waals surface area contributed by atoms with Gasteiger partial charge < -0.3 is 5.73 Å². The summed E-state index contributed by atoms with van der Waals surface area (Å²) >= 11 is 4.04. The van der Waals surface area contributed by atoms with Gasteiger partial charge in [0.1, 0.15) is 5.82 Å². The van der Waals surface area contributed by atoms with Gasteiger partial charge in [-0.15, -0.1) is 11.8 Å². The molecular weight excluding hydrogens is 274 g/mol. The Morgan fingerprint density at radius 2 is 2.21 bits per heavy atom. The summed E-state index contributed by atoms with van der Waals surface area (Å²) in [7, 11) is 0. The van der Waals surface area contributed by atoms with Crippen molar-refractivity contribution in [1.29, 1.82) is 0 Å². The number of fused-ring (bicyclic) bond motifs is 1. The number of hydrogen-bond acceptors (Lipinski definition) is 5. The monoisotopic (exact) mass is 295 g/mol. The lowest BCUT2D eigenvalue weighted by Gasteiger charge is -2.26. The molecule has 1 aromatic heterocycles. The molecule has 0 spiro atoms. The largest absolute Gasteiger partial charge is 0.330 e. The van der Waals surface area contributed by atoms with Gasteiger partial charge in [-0.2, -0.15) is 11.8 Å². The van der Waals surface area contributed by atoms with Crippen LogP contribution in [0.3, 0.4) is 0 Å². The molecule has 2 atom stereocenters. The van der Waals surface area contributed by atoms with Crippen LogP contribution in [0.4, 0.5) is 0 Å². The molecule has 1 fully saturated rings. The maximum Gasteiger partial charge on any atom is 0.142 e. The van der Waals surface area contributed by atoms with E-state index in [1.54, 1.807) is 0 Å². The van der Waals surface area contributed by atoms with Crippen LogP contribution in [0.5, 0.6) is 0 Å². The number of aryl methyl sites for hydroxylation is 2. The Morgan fingerprint density at radius 3 is 2.95 bits per heavy atom. The van der Waals surface area contributed by atoms with Gasteiger partial charge in [-0.25, -0.2) is 9.97 Å². The molecule has 2 N–H and O–H groups in total. The minimum Gasteiger partial charge on any atom is -0.330 e. The average molecular weight is 295 g/mol. The third-order valence-electron chi connectivity index (χ3n) is 4.04. The third-order valence-corrected chi connectivity index (χ3v) is 6.79. The van der Waals surface area contributed by atoms with E-state index >= 15 is 0 Å². The van der Waals surface area contributed by atoms with E-state index in [4.69, 9.17) is 15.7 Å². The van der Waals surface area contributed by atoms with E-state index in [1.807, 2.05) is 23.5 Å². The van der Waals surface area contributed by atoms with E-state index in [0.29, 0.717) is 11.2 Å². The lowest BCUT2D eigenvalue weighted by Crippen LogP contribution is -2.25. The summed E-state index contributed by atoms with van der Waals surface area (Å²) in [5.74, 6) is 5.35. The Balaban J connectivity index is 1.87. The van der Waals surface area contributed by atoms with Crippen LogP contribution in [-0.4, -0.2) is 33.8 Å². The SMILES string of the molecule is Cc1nc(C2CSCCS2)nc2c1CC(CN)CC2. The van der Waals surface area contributed by atoms with Crippen LogP contribution >= 0.6 is 23.5 Å². The Kier molecular flexibility index (Phi) is 4.34. The first-order valence-electron chi connectivity index (χ1n) is 7.03. The fourth-order valence-electron chi connectivity index (χ4n) is 2.86. The molecule has 2 unspecified atom stereocenters. The molecule has 1 aliphatic heterocycles. The molecule has 0 amide bonds. The summed E-state index contributed by atoms with van der Waals surface area (Å²) in [5.41, 5.74) is 9.67. The van der Waals surface area contributed by atoms with E-state index in [1.165, 1.54) is 34.9 Å². The standard InChI is InChI=1S/C14H21N3S2/c1-9-11-6-10(7-15)2-3-12(11)17-14(16-9)13-8-18-4-5-19-13/h10,13H,2-8,15H2,1H3. The highest BCUT2D eigenvalue weighted by atomic mass is 32.2. The van der Waals surface area contributed by atoms with Crippen molar-refractivity contribution in [2.24, 2.45) is 11.7 Å². The molecule has 1 aliphatic carbocycles. The summed E-state index contributed by atoms with van der Waals surface area (Å²) in [6.07, 6.45) is 3.34. The molecule has 5 heteroatoms. The molecule has 0 bridgehead atoms. The van der Waals surface area contributed by atoms with Gasteiger partial charge in [-0.05, 0) is 44.2 Å². The van der Waals surface area contributed by atoms with E-state index < -0.39 is 0 Å². The van der Waals surface area contributed by atoms with Gasteiger partial charge in [0, 0.05) is 28.6 Å². The molecule has 19 heavy (non-hydrogen) atoms. The van der Waals surface area contributed by atoms with Crippen molar-refractivity contribution in [2.45, 2.75) is 31.4 Å². The molecule has 0 radical (unpaired) electrons. The number of thioether (sulfide) groups is 2. The van der Waals surface area contributed by atoms with Crippen LogP contribution in [-0.2, 0) is 12.8 Å². The molecule has 3 nitrogen and oxygen atoms in total. The molecule has 104 valence electrons. The lowest BCUT2D eigenvalue weighted by molar-refractivity contribution is 0.458. The van der Waals surface area contributed by atoms with Crippen LogP contribution in [0.15, 0.2) is 0 Å². The van der Waals surface area contributed by atoms with Gasteiger partial charge in [0.25, 0.3) is 0 Å². The quantitative estimate of drug-likeness (QED) is 0.908. The van der Waals surface area contributed by atoms with Crippen LogP contribution in [0.1, 0.15) is 34.4 Å². The molecule has 3 rings (SSSR count).